The zero-order valence-electron chi connectivity index (χ0n) is 18.8. The number of benzene rings is 1. The Morgan fingerprint density at radius 1 is 1.22 bits per heavy atom. The highest BCUT2D eigenvalue weighted by molar-refractivity contribution is 6.09. The van der Waals surface area contributed by atoms with Crippen molar-refractivity contribution in [2.75, 3.05) is 20.3 Å². The second-order valence-corrected chi connectivity index (χ2v) is 8.37. The molecule has 8 heteroatoms. The van der Waals surface area contributed by atoms with E-state index in [1.165, 1.54) is 0 Å². The lowest BCUT2D eigenvalue weighted by atomic mass is 10.0. The molecule has 1 fully saturated rings. The van der Waals surface area contributed by atoms with Gasteiger partial charge >= 0.3 is 6.03 Å². The lowest BCUT2D eigenvalue weighted by molar-refractivity contribution is -0.127. The van der Waals surface area contributed by atoms with Crippen LogP contribution in [0.4, 0.5) is 4.79 Å². The quantitative estimate of drug-likeness (QED) is 0.419. The molecule has 1 aliphatic heterocycles. The number of hydrogen-bond acceptors (Lipinski definition) is 4. The van der Waals surface area contributed by atoms with Crippen molar-refractivity contribution in [2.24, 2.45) is 0 Å². The first-order valence-corrected chi connectivity index (χ1v) is 10.7. The molecule has 32 heavy (non-hydrogen) atoms. The van der Waals surface area contributed by atoms with Gasteiger partial charge in [0.1, 0.15) is 6.04 Å². The Labute approximate surface area is 186 Å². The average molecular weight is 437 g/mol. The minimum atomic E-state index is -0.691. The van der Waals surface area contributed by atoms with Gasteiger partial charge in [0.15, 0.2) is 5.78 Å². The number of H-pyrrole nitrogens is 1. The first kappa shape index (κ1) is 21.8. The van der Waals surface area contributed by atoms with Gasteiger partial charge in [0.25, 0.3) is 5.91 Å². The van der Waals surface area contributed by atoms with E-state index in [2.05, 4.69) is 10.3 Å². The summed E-state index contributed by atoms with van der Waals surface area (Å²) in [6.07, 6.45) is 2.22. The molecule has 1 aromatic carbocycles. The average Bonchev–Trinajstić information content (AvgIpc) is 3.38. The van der Waals surface area contributed by atoms with Gasteiger partial charge in [0.05, 0.1) is 19.2 Å². The number of carbonyl (C=O) groups excluding carboxylic acids is 3. The number of ketones is 1. The van der Waals surface area contributed by atoms with Gasteiger partial charge in [-0.2, -0.15) is 0 Å². The van der Waals surface area contributed by atoms with Gasteiger partial charge in [-0.15, -0.1) is 0 Å². The molecule has 0 radical (unpaired) electrons. The maximum absolute atomic E-state index is 13.0. The van der Waals surface area contributed by atoms with E-state index in [1.807, 2.05) is 61.9 Å². The van der Waals surface area contributed by atoms with E-state index in [4.69, 9.17) is 4.74 Å². The number of nitrogens with one attached hydrogen (secondary N) is 2. The zero-order valence-corrected chi connectivity index (χ0v) is 18.8. The Bertz CT molecular complexity index is 1190. The van der Waals surface area contributed by atoms with Crippen molar-refractivity contribution in [2.45, 2.75) is 39.3 Å². The summed E-state index contributed by atoms with van der Waals surface area (Å²) in [5.41, 5.74) is 4.18. The van der Waals surface area contributed by atoms with Gasteiger partial charge < -0.3 is 19.6 Å². The van der Waals surface area contributed by atoms with E-state index < -0.39 is 12.1 Å². The normalized spacial score (nSPS) is 17.2. The summed E-state index contributed by atoms with van der Waals surface area (Å²) < 4.78 is 7.29. The molecular weight excluding hydrogens is 408 g/mol. The van der Waals surface area contributed by atoms with Gasteiger partial charge in [-0.1, -0.05) is 18.2 Å². The molecule has 0 spiro atoms. The number of methoxy groups -OCH3 is 1. The molecule has 2 atom stereocenters. The molecule has 8 nitrogen and oxygen atoms in total. The Morgan fingerprint density at radius 2 is 1.97 bits per heavy atom. The fourth-order valence-corrected chi connectivity index (χ4v) is 4.67. The second kappa shape index (κ2) is 8.63. The van der Waals surface area contributed by atoms with Crippen LogP contribution in [0.3, 0.4) is 0 Å². The fourth-order valence-electron chi connectivity index (χ4n) is 4.67. The largest absolute Gasteiger partial charge is 0.383 e. The van der Waals surface area contributed by atoms with E-state index in [0.717, 1.165) is 32.8 Å². The van der Waals surface area contributed by atoms with Crippen molar-refractivity contribution in [3.63, 3.8) is 0 Å². The summed E-state index contributed by atoms with van der Waals surface area (Å²) in [4.78, 5) is 42.7. The molecule has 1 aliphatic rings. The van der Waals surface area contributed by atoms with Crippen LogP contribution in [0.25, 0.3) is 10.9 Å². The van der Waals surface area contributed by atoms with Crippen LogP contribution in [0.2, 0.25) is 0 Å². The predicted octanol–water partition coefficient (Wildman–Crippen LogP) is 3.14. The van der Waals surface area contributed by atoms with Gasteiger partial charge in [-0.25, -0.2) is 4.79 Å². The molecule has 0 aliphatic carbocycles. The number of aryl methyl sites for hydroxylation is 1. The van der Waals surface area contributed by atoms with Crippen LogP contribution < -0.4 is 5.32 Å². The monoisotopic (exact) mass is 436 g/mol. The number of imide groups is 1. The van der Waals surface area contributed by atoms with Crippen molar-refractivity contribution in [1.29, 1.82) is 0 Å². The zero-order chi connectivity index (χ0) is 23.0. The van der Waals surface area contributed by atoms with E-state index in [0.29, 0.717) is 18.6 Å². The number of fused-ring (bicyclic) bond motifs is 1. The number of hydrogen-bond donors (Lipinski definition) is 2. The highest BCUT2D eigenvalue weighted by Gasteiger charge is 2.39. The minimum absolute atomic E-state index is 0.0684. The van der Waals surface area contributed by atoms with Gasteiger partial charge in [-0.05, 0) is 38.5 Å². The van der Waals surface area contributed by atoms with Crippen molar-refractivity contribution >= 4 is 28.6 Å². The lowest BCUT2D eigenvalue weighted by Gasteiger charge is -2.18. The summed E-state index contributed by atoms with van der Waals surface area (Å²) in [5, 5.41) is 3.74. The lowest BCUT2D eigenvalue weighted by Crippen LogP contribution is -2.36. The number of para-hydroxylation sites is 1. The van der Waals surface area contributed by atoms with Crippen molar-refractivity contribution in [1.82, 2.24) is 19.8 Å². The third-order valence-corrected chi connectivity index (χ3v) is 6.14. The number of ether oxygens (including phenoxy) is 1. The number of aromatic nitrogens is 2. The summed E-state index contributed by atoms with van der Waals surface area (Å²) >= 11 is 0. The third kappa shape index (κ3) is 3.82. The second-order valence-electron chi connectivity index (χ2n) is 8.37. The van der Waals surface area contributed by atoms with E-state index in [9.17, 15) is 14.4 Å². The SMILES string of the molecule is COC[C@@H](C)n1c(C)cc(C(=O)CN2C(=O)N[C@@H](Cc3c[nH]c4ccccc34)C2=O)c1C. The number of aromatic amines is 1. The van der Waals surface area contributed by atoms with Crippen LogP contribution in [0.15, 0.2) is 36.5 Å². The number of urea groups is 1. The van der Waals surface area contributed by atoms with Crippen molar-refractivity contribution in [3.05, 3.63) is 59.0 Å². The van der Waals surface area contributed by atoms with Crippen LogP contribution in [0, 0.1) is 13.8 Å². The molecule has 4 rings (SSSR count). The van der Waals surface area contributed by atoms with Crippen LogP contribution in [0.1, 0.15) is 40.3 Å². The molecule has 168 valence electrons. The Hall–Kier alpha value is -3.39. The molecule has 0 saturated carbocycles. The first-order chi connectivity index (χ1) is 15.3. The number of carbonyl (C=O) groups is 3. The number of rotatable bonds is 8. The van der Waals surface area contributed by atoms with Gasteiger partial charge in [0.2, 0.25) is 0 Å². The Morgan fingerprint density at radius 3 is 2.72 bits per heavy atom. The summed E-state index contributed by atoms with van der Waals surface area (Å²) in [6.45, 7) is 6.06. The summed E-state index contributed by atoms with van der Waals surface area (Å²) in [7, 11) is 1.64. The highest BCUT2D eigenvalue weighted by Crippen LogP contribution is 2.23. The van der Waals surface area contributed by atoms with Crippen LogP contribution in [-0.2, 0) is 16.0 Å². The van der Waals surface area contributed by atoms with Gasteiger partial charge in [-0.3, -0.25) is 14.5 Å². The van der Waals surface area contributed by atoms with E-state index in [-0.39, 0.29) is 24.3 Å². The Kier molecular flexibility index (Phi) is 5.88. The maximum Gasteiger partial charge on any atom is 0.325 e. The minimum Gasteiger partial charge on any atom is -0.383 e. The highest BCUT2D eigenvalue weighted by atomic mass is 16.5. The fraction of sp³-hybridized carbons (Fsp3) is 0.375. The molecular formula is C24H28N4O4. The summed E-state index contributed by atoms with van der Waals surface area (Å²) in [5.74, 6) is -0.639. The number of Topliss-reactive ketones (excluding diaryl/α,β-unsaturated/α-hetero) is 1. The maximum atomic E-state index is 13.0. The Balaban J connectivity index is 1.49. The van der Waals surface area contributed by atoms with E-state index >= 15 is 0 Å². The molecule has 0 unspecified atom stereocenters. The van der Waals surface area contributed by atoms with Crippen LogP contribution >= 0.6 is 0 Å². The standard InChI is InChI=1S/C24H28N4O4/c1-14-9-19(16(3)28(14)15(2)13-32-4)22(29)12-27-23(30)21(26-24(27)31)10-17-11-25-20-8-6-5-7-18(17)20/h5-9,11,15,21,25H,10,12-13H2,1-4H3,(H,26,31)/t15-,21+/m1/s1. The predicted molar refractivity (Wildman–Crippen MR) is 121 cm³/mol. The van der Waals surface area contributed by atoms with Gasteiger partial charge in [0, 0.05) is 47.6 Å². The van der Waals surface area contributed by atoms with Crippen LogP contribution in [-0.4, -0.2) is 58.5 Å². The molecule has 0 bridgehead atoms. The molecule has 3 heterocycles. The van der Waals surface area contributed by atoms with Crippen LogP contribution in [0.5, 0.6) is 0 Å². The molecule has 3 aromatic rings. The molecule has 3 amide bonds. The molecule has 1 saturated heterocycles. The van der Waals surface area contributed by atoms with Crippen molar-refractivity contribution in [3.8, 4) is 0 Å². The topological polar surface area (TPSA) is 96.4 Å². The smallest absolute Gasteiger partial charge is 0.325 e. The number of nitrogens with zero attached hydrogens (tertiary/aromatic N) is 2. The molecule has 2 N–H and O–H groups in total. The summed E-state index contributed by atoms with van der Waals surface area (Å²) in [6, 6.07) is 8.46. The van der Waals surface area contributed by atoms with Crippen molar-refractivity contribution < 1.29 is 19.1 Å². The van der Waals surface area contributed by atoms with E-state index in [1.54, 1.807) is 7.11 Å². The first-order valence-electron chi connectivity index (χ1n) is 10.7. The molecule has 2 aromatic heterocycles. The number of amides is 3. The third-order valence-electron chi connectivity index (χ3n) is 6.14.